The molecular formula is C12H10N6O3. The van der Waals surface area contributed by atoms with Crippen LogP contribution in [0, 0.1) is 0 Å². The molecule has 21 heavy (non-hydrogen) atoms. The molecule has 9 heteroatoms. The van der Waals surface area contributed by atoms with Gasteiger partial charge in [0.25, 0.3) is 5.88 Å². The zero-order valence-electron chi connectivity index (χ0n) is 10.9. The molecule has 0 unspecified atom stereocenters. The second kappa shape index (κ2) is 5.04. The van der Waals surface area contributed by atoms with Gasteiger partial charge in [0, 0.05) is 24.8 Å². The van der Waals surface area contributed by atoms with Gasteiger partial charge >= 0.3 is 5.97 Å². The first-order chi connectivity index (χ1) is 10.2. The Labute approximate surface area is 118 Å². The summed E-state index contributed by atoms with van der Waals surface area (Å²) in [5.41, 5.74) is 3.31. The van der Waals surface area contributed by atoms with Gasteiger partial charge in [0.2, 0.25) is 5.82 Å². The molecule has 0 fully saturated rings. The molecule has 0 amide bonds. The van der Waals surface area contributed by atoms with Crippen molar-refractivity contribution in [3.8, 4) is 5.88 Å². The van der Waals surface area contributed by atoms with Gasteiger partial charge in [0.15, 0.2) is 5.69 Å². The summed E-state index contributed by atoms with van der Waals surface area (Å²) in [6.07, 6.45) is 5.95. The standard InChI is InChI=1S/C12H10N6O3/c1-21-11-10(14-4-5-15-11)17-18-8-2-3-13-6-7(8)9(16-18)12(19)20/h2-6H,1H3,(H,14,17)(H,19,20). The molecule has 3 aromatic rings. The van der Waals surface area contributed by atoms with E-state index in [4.69, 9.17) is 4.74 Å². The Morgan fingerprint density at radius 1 is 1.33 bits per heavy atom. The lowest BCUT2D eigenvalue weighted by Gasteiger charge is -2.08. The molecule has 0 bridgehead atoms. The number of hydrogen-bond donors (Lipinski definition) is 2. The zero-order chi connectivity index (χ0) is 14.8. The second-order valence-electron chi connectivity index (χ2n) is 3.98. The van der Waals surface area contributed by atoms with E-state index in [1.54, 1.807) is 12.3 Å². The predicted octanol–water partition coefficient (Wildman–Crippen LogP) is 0.803. The van der Waals surface area contributed by atoms with E-state index in [0.29, 0.717) is 16.7 Å². The fourth-order valence-electron chi connectivity index (χ4n) is 1.86. The third-order valence-corrected chi connectivity index (χ3v) is 2.75. The Hall–Kier alpha value is -3.23. The number of nitrogens with one attached hydrogen (secondary N) is 1. The van der Waals surface area contributed by atoms with Crippen LogP contribution in [0.2, 0.25) is 0 Å². The molecule has 0 saturated heterocycles. The van der Waals surface area contributed by atoms with Gasteiger partial charge in [-0.1, -0.05) is 0 Å². The molecule has 3 aromatic heterocycles. The molecule has 0 aliphatic heterocycles. The largest absolute Gasteiger partial charge is 0.478 e. The molecule has 2 N–H and O–H groups in total. The van der Waals surface area contributed by atoms with Crippen LogP contribution in [0.25, 0.3) is 10.9 Å². The van der Waals surface area contributed by atoms with Crippen LogP contribution in [0.1, 0.15) is 10.5 Å². The van der Waals surface area contributed by atoms with Crippen molar-refractivity contribution >= 4 is 22.7 Å². The number of methoxy groups -OCH3 is 1. The molecule has 9 nitrogen and oxygen atoms in total. The van der Waals surface area contributed by atoms with E-state index >= 15 is 0 Å². The summed E-state index contributed by atoms with van der Waals surface area (Å²) >= 11 is 0. The van der Waals surface area contributed by atoms with Crippen molar-refractivity contribution in [1.82, 2.24) is 24.8 Å². The van der Waals surface area contributed by atoms with Gasteiger partial charge in [-0.25, -0.2) is 14.8 Å². The van der Waals surface area contributed by atoms with Crippen molar-refractivity contribution in [3.05, 3.63) is 36.5 Å². The van der Waals surface area contributed by atoms with E-state index in [1.807, 2.05) is 0 Å². The molecule has 0 aromatic carbocycles. The van der Waals surface area contributed by atoms with E-state index in [-0.39, 0.29) is 11.6 Å². The number of aromatic nitrogens is 5. The maximum Gasteiger partial charge on any atom is 0.357 e. The van der Waals surface area contributed by atoms with Crippen LogP contribution in [0.15, 0.2) is 30.9 Å². The number of carboxylic acid groups (broad SMARTS) is 1. The first-order valence-corrected chi connectivity index (χ1v) is 5.88. The smallest absolute Gasteiger partial charge is 0.357 e. The van der Waals surface area contributed by atoms with Crippen LogP contribution in [0.5, 0.6) is 5.88 Å². The summed E-state index contributed by atoms with van der Waals surface area (Å²) < 4.78 is 5.08. The maximum absolute atomic E-state index is 11.2. The molecule has 0 spiro atoms. The number of fused-ring (bicyclic) bond motifs is 1. The Kier molecular flexibility index (Phi) is 3.07. The predicted molar refractivity (Wildman–Crippen MR) is 72.1 cm³/mol. The number of pyridine rings is 1. The van der Waals surface area contributed by atoms with Crippen LogP contribution in [-0.4, -0.2) is 43.0 Å². The highest BCUT2D eigenvalue weighted by Gasteiger charge is 2.17. The second-order valence-corrected chi connectivity index (χ2v) is 3.98. The topological polar surface area (TPSA) is 115 Å². The molecule has 106 valence electrons. The lowest BCUT2D eigenvalue weighted by molar-refractivity contribution is 0.0692. The molecule has 0 atom stereocenters. The first kappa shape index (κ1) is 12.8. The maximum atomic E-state index is 11.2. The Morgan fingerprint density at radius 3 is 2.90 bits per heavy atom. The van der Waals surface area contributed by atoms with Crippen molar-refractivity contribution in [1.29, 1.82) is 0 Å². The molecule has 0 radical (unpaired) electrons. The number of aromatic carboxylic acids is 1. The van der Waals surface area contributed by atoms with Crippen LogP contribution in [0.3, 0.4) is 0 Å². The van der Waals surface area contributed by atoms with Gasteiger partial charge in [-0.3, -0.25) is 10.4 Å². The highest BCUT2D eigenvalue weighted by atomic mass is 16.5. The molecule has 3 heterocycles. The molecule has 3 rings (SSSR count). The Bertz CT molecular complexity index is 816. The minimum atomic E-state index is -1.14. The van der Waals surface area contributed by atoms with Crippen molar-refractivity contribution in [2.45, 2.75) is 0 Å². The van der Waals surface area contributed by atoms with Gasteiger partial charge in [-0.15, -0.1) is 5.10 Å². The highest BCUT2D eigenvalue weighted by molar-refractivity contribution is 6.00. The van der Waals surface area contributed by atoms with Crippen molar-refractivity contribution in [3.63, 3.8) is 0 Å². The van der Waals surface area contributed by atoms with E-state index in [0.717, 1.165) is 0 Å². The van der Waals surface area contributed by atoms with Gasteiger partial charge in [0.05, 0.1) is 18.0 Å². The number of anilines is 1. The van der Waals surface area contributed by atoms with Crippen LogP contribution >= 0.6 is 0 Å². The summed E-state index contributed by atoms with van der Waals surface area (Å²) in [7, 11) is 1.46. The first-order valence-electron chi connectivity index (χ1n) is 5.88. The summed E-state index contributed by atoms with van der Waals surface area (Å²) in [6, 6.07) is 1.64. The van der Waals surface area contributed by atoms with Crippen molar-refractivity contribution in [2.75, 3.05) is 12.5 Å². The quantitative estimate of drug-likeness (QED) is 0.723. The fraction of sp³-hybridized carbons (Fsp3) is 0.0833. The van der Waals surface area contributed by atoms with Gasteiger partial charge in [0.1, 0.15) is 0 Å². The minimum Gasteiger partial charge on any atom is -0.478 e. The number of ether oxygens (including phenoxy) is 1. The summed E-state index contributed by atoms with van der Waals surface area (Å²) in [6.45, 7) is 0. The highest BCUT2D eigenvalue weighted by Crippen LogP contribution is 2.21. The van der Waals surface area contributed by atoms with Gasteiger partial charge < -0.3 is 9.84 Å². The Morgan fingerprint density at radius 2 is 2.14 bits per heavy atom. The number of hydrogen-bond acceptors (Lipinski definition) is 7. The monoisotopic (exact) mass is 286 g/mol. The molecular weight excluding hydrogens is 276 g/mol. The number of rotatable bonds is 4. The van der Waals surface area contributed by atoms with Crippen LogP contribution in [-0.2, 0) is 0 Å². The lowest BCUT2D eigenvalue weighted by Crippen LogP contribution is -2.14. The van der Waals surface area contributed by atoms with Crippen molar-refractivity contribution in [2.24, 2.45) is 0 Å². The summed E-state index contributed by atoms with van der Waals surface area (Å²) in [5.74, 6) is -0.551. The summed E-state index contributed by atoms with van der Waals surface area (Å²) in [5, 5.41) is 13.6. The molecule has 0 aliphatic carbocycles. The average molecular weight is 286 g/mol. The average Bonchev–Trinajstić information content (AvgIpc) is 2.87. The lowest BCUT2D eigenvalue weighted by atomic mass is 10.2. The van der Waals surface area contributed by atoms with E-state index in [9.17, 15) is 9.90 Å². The number of carbonyl (C=O) groups is 1. The Balaban J connectivity index is 2.11. The number of carboxylic acids is 1. The normalized spacial score (nSPS) is 10.5. The minimum absolute atomic E-state index is 0.103. The van der Waals surface area contributed by atoms with Gasteiger partial charge in [-0.2, -0.15) is 4.79 Å². The molecule has 0 aliphatic rings. The van der Waals surface area contributed by atoms with Crippen LogP contribution < -0.4 is 10.2 Å². The van der Waals surface area contributed by atoms with Crippen molar-refractivity contribution < 1.29 is 14.6 Å². The zero-order valence-corrected chi connectivity index (χ0v) is 10.9. The number of nitrogens with zero attached hydrogens (tertiary/aromatic N) is 5. The molecule has 0 saturated carbocycles. The van der Waals surface area contributed by atoms with E-state index in [2.05, 4.69) is 25.5 Å². The third kappa shape index (κ3) is 2.20. The van der Waals surface area contributed by atoms with E-state index < -0.39 is 5.97 Å². The van der Waals surface area contributed by atoms with E-state index in [1.165, 1.54) is 30.5 Å². The SMILES string of the molecule is COc1nccnc1Nn1nc(C(=O)O)c2cnccc21. The third-order valence-electron chi connectivity index (χ3n) is 2.75. The van der Waals surface area contributed by atoms with Gasteiger partial charge in [-0.05, 0) is 6.07 Å². The van der Waals surface area contributed by atoms with Crippen LogP contribution in [0.4, 0.5) is 5.82 Å². The fourth-order valence-corrected chi connectivity index (χ4v) is 1.86. The summed E-state index contributed by atoms with van der Waals surface area (Å²) in [4.78, 5) is 24.5.